The summed E-state index contributed by atoms with van der Waals surface area (Å²) in [6, 6.07) is 7.70. The molecule has 5 nitrogen and oxygen atoms in total. The summed E-state index contributed by atoms with van der Waals surface area (Å²) < 4.78 is 1.78. The van der Waals surface area contributed by atoms with E-state index in [0.29, 0.717) is 19.3 Å². The first kappa shape index (κ1) is 10.1. The maximum Gasteiger partial charge on any atom is 0.451 e. The molecule has 6 heteroatoms. The minimum absolute atomic E-state index is 0.355. The molecule has 1 aromatic carbocycles. The molecule has 0 amide bonds. The Morgan fingerprint density at radius 3 is 2.87 bits per heavy atom. The zero-order valence-corrected chi connectivity index (χ0v) is 8.24. The third-order valence-corrected chi connectivity index (χ3v) is 2.25. The first-order chi connectivity index (χ1) is 7.27. The van der Waals surface area contributed by atoms with Crippen LogP contribution >= 0.6 is 0 Å². The molecule has 0 bridgehead atoms. The topological polar surface area (TPSA) is 71.2 Å². The Bertz CT molecular complexity index is 444. The third kappa shape index (κ3) is 2.34. The molecule has 0 unspecified atom stereocenters. The predicted molar refractivity (Wildman–Crippen MR) is 57.1 cm³/mol. The maximum absolute atomic E-state index is 8.70. The van der Waals surface area contributed by atoms with Crippen LogP contribution in [0.3, 0.4) is 0 Å². The molecule has 0 aliphatic carbocycles. The molecule has 0 atom stereocenters. The predicted octanol–water partition coefficient (Wildman–Crippen LogP) is 0.294. The van der Waals surface area contributed by atoms with E-state index in [1.807, 2.05) is 24.3 Å². The van der Waals surface area contributed by atoms with Gasteiger partial charge in [-0.25, -0.2) is 4.68 Å². The lowest BCUT2D eigenvalue weighted by Crippen LogP contribution is -2.11. The van der Waals surface area contributed by atoms with Gasteiger partial charge in [0.1, 0.15) is 5.52 Å². The zero-order chi connectivity index (χ0) is 10.7. The van der Waals surface area contributed by atoms with Crippen LogP contribution in [0.1, 0.15) is 6.42 Å². The molecule has 15 heavy (non-hydrogen) atoms. The number of aryl methyl sites for hydroxylation is 1. The Labute approximate surface area is 87.5 Å². The molecule has 0 aliphatic rings. The Morgan fingerprint density at radius 2 is 2.07 bits per heavy atom. The summed E-state index contributed by atoms with van der Waals surface area (Å²) >= 11 is 0. The van der Waals surface area contributed by atoms with Crippen molar-refractivity contribution < 1.29 is 10.0 Å². The summed E-state index contributed by atoms with van der Waals surface area (Å²) in [6.07, 6.45) is 1.03. The highest BCUT2D eigenvalue weighted by Crippen LogP contribution is 2.10. The number of hydrogen-bond acceptors (Lipinski definition) is 4. The van der Waals surface area contributed by atoms with E-state index in [1.165, 1.54) is 0 Å². The van der Waals surface area contributed by atoms with Crippen LogP contribution in [0.2, 0.25) is 6.32 Å². The second-order valence-corrected chi connectivity index (χ2v) is 3.42. The average molecular weight is 205 g/mol. The van der Waals surface area contributed by atoms with Crippen molar-refractivity contribution in [3.63, 3.8) is 0 Å². The van der Waals surface area contributed by atoms with Gasteiger partial charge < -0.3 is 10.0 Å². The van der Waals surface area contributed by atoms with Gasteiger partial charge in [-0.15, -0.1) is 5.10 Å². The van der Waals surface area contributed by atoms with E-state index in [4.69, 9.17) is 10.0 Å². The molecule has 0 fully saturated rings. The SMILES string of the molecule is OB(O)CCCn1nnc2ccccc21. The van der Waals surface area contributed by atoms with Gasteiger partial charge in [0.05, 0.1) is 5.52 Å². The fraction of sp³-hybridized carbons (Fsp3) is 0.333. The largest absolute Gasteiger partial charge is 0.451 e. The third-order valence-electron chi connectivity index (χ3n) is 2.25. The highest BCUT2D eigenvalue weighted by Gasteiger charge is 2.07. The standard InChI is InChI=1S/C9H12BN3O2/c14-10(15)6-3-7-13-9-5-2-1-4-8(9)11-12-13/h1-2,4-5,14-15H,3,6-7H2. The number of para-hydroxylation sites is 1. The lowest BCUT2D eigenvalue weighted by molar-refractivity contribution is 0.399. The Balaban J connectivity index is 2.08. The zero-order valence-electron chi connectivity index (χ0n) is 8.24. The number of hydrogen-bond donors (Lipinski definition) is 2. The molecule has 0 aliphatic heterocycles. The van der Waals surface area contributed by atoms with Crippen molar-refractivity contribution in [3.8, 4) is 0 Å². The highest BCUT2D eigenvalue weighted by molar-refractivity contribution is 6.40. The number of nitrogens with zero attached hydrogens (tertiary/aromatic N) is 3. The fourth-order valence-corrected chi connectivity index (χ4v) is 1.51. The van der Waals surface area contributed by atoms with Crippen molar-refractivity contribution in [1.82, 2.24) is 15.0 Å². The molecule has 1 heterocycles. The summed E-state index contributed by atoms with van der Waals surface area (Å²) in [4.78, 5) is 0. The first-order valence-corrected chi connectivity index (χ1v) is 4.92. The van der Waals surface area contributed by atoms with Crippen molar-refractivity contribution in [2.24, 2.45) is 0 Å². The van der Waals surface area contributed by atoms with Crippen molar-refractivity contribution >= 4 is 18.2 Å². The van der Waals surface area contributed by atoms with Gasteiger partial charge in [-0.05, 0) is 24.9 Å². The van der Waals surface area contributed by atoms with Crippen LogP contribution in [-0.2, 0) is 6.54 Å². The van der Waals surface area contributed by atoms with Crippen LogP contribution in [-0.4, -0.2) is 32.2 Å². The normalized spacial score (nSPS) is 10.8. The summed E-state index contributed by atoms with van der Waals surface area (Å²) in [6.45, 7) is 0.651. The van der Waals surface area contributed by atoms with Crippen molar-refractivity contribution in [2.75, 3.05) is 0 Å². The van der Waals surface area contributed by atoms with Gasteiger partial charge in [-0.1, -0.05) is 17.3 Å². The molecule has 78 valence electrons. The minimum atomic E-state index is -1.24. The average Bonchev–Trinajstić information content (AvgIpc) is 2.62. The lowest BCUT2D eigenvalue weighted by atomic mass is 9.84. The van der Waals surface area contributed by atoms with E-state index in [1.54, 1.807) is 4.68 Å². The quantitative estimate of drug-likeness (QED) is 0.704. The molecule has 2 rings (SSSR count). The second kappa shape index (κ2) is 4.42. The van der Waals surface area contributed by atoms with Crippen LogP contribution in [0.15, 0.2) is 24.3 Å². The van der Waals surface area contributed by atoms with Crippen LogP contribution in [0.25, 0.3) is 11.0 Å². The summed E-state index contributed by atoms with van der Waals surface area (Å²) in [7, 11) is -1.24. The number of aromatic nitrogens is 3. The Hall–Kier alpha value is -1.40. The van der Waals surface area contributed by atoms with Gasteiger partial charge in [0, 0.05) is 6.54 Å². The Morgan fingerprint density at radius 1 is 1.27 bits per heavy atom. The molecule has 2 aromatic rings. The van der Waals surface area contributed by atoms with Gasteiger partial charge in [0.15, 0.2) is 0 Å². The monoisotopic (exact) mass is 205 g/mol. The molecule has 2 N–H and O–H groups in total. The van der Waals surface area contributed by atoms with Crippen molar-refractivity contribution in [3.05, 3.63) is 24.3 Å². The van der Waals surface area contributed by atoms with Crippen molar-refractivity contribution in [1.29, 1.82) is 0 Å². The van der Waals surface area contributed by atoms with Gasteiger partial charge >= 0.3 is 7.12 Å². The number of fused-ring (bicyclic) bond motifs is 1. The fourth-order valence-electron chi connectivity index (χ4n) is 1.51. The molecule has 0 saturated heterocycles. The van der Waals surface area contributed by atoms with Gasteiger partial charge in [-0.2, -0.15) is 0 Å². The first-order valence-electron chi connectivity index (χ1n) is 4.92. The van der Waals surface area contributed by atoms with E-state index in [0.717, 1.165) is 11.0 Å². The van der Waals surface area contributed by atoms with E-state index < -0.39 is 7.12 Å². The smallest absolute Gasteiger partial charge is 0.427 e. The summed E-state index contributed by atoms with van der Waals surface area (Å²) in [5, 5.41) is 25.4. The van der Waals surface area contributed by atoms with E-state index >= 15 is 0 Å². The number of benzene rings is 1. The minimum Gasteiger partial charge on any atom is -0.427 e. The van der Waals surface area contributed by atoms with E-state index in [9.17, 15) is 0 Å². The summed E-state index contributed by atoms with van der Waals surface area (Å²) in [5.74, 6) is 0. The van der Waals surface area contributed by atoms with Crippen LogP contribution in [0.4, 0.5) is 0 Å². The second-order valence-electron chi connectivity index (χ2n) is 3.42. The molecule has 1 aromatic heterocycles. The van der Waals surface area contributed by atoms with Gasteiger partial charge in [0.25, 0.3) is 0 Å². The Kier molecular flexibility index (Phi) is 2.98. The molecule has 0 spiro atoms. The number of rotatable bonds is 4. The highest BCUT2D eigenvalue weighted by atomic mass is 16.4. The molecule has 0 saturated carbocycles. The van der Waals surface area contributed by atoms with Gasteiger partial charge in [-0.3, -0.25) is 0 Å². The lowest BCUT2D eigenvalue weighted by Gasteiger charge is -2.01. The molecule has 0 radical (unpaired) electrons. The van der Waals surface area contributed by atoms with Crippen LogP contribution in [0, 0.1) is 0 Å². The van der Waals surface area contributed by atoms with E-state index in [-0.39, 0.29) is 0 Å². The molecular formula is C9H12BN3O2. The van der Waals surface area contributed by atoms with Crippen LogP contribution in [0.5, 0.6) is 0 Å². The van der Waals surface area contributed by atoms with Gasteiger partial charge in [0.2, 0.25) is 0 Å². The van der Waals surface area contributed by atoms with Crippen LogP contribution < -0.4 is 0 Å². The molecular weight excluding hydrogens is 193 g/mol. The van der Waals surface area contributed by atoms with E-state index in [2.05, 4.69) is 10.3 Å². The summed E-state index contributed by atoms with van der Waals surface area (Å²) in [5.41, 5.74) is 1.84. The maximum atomic E-state index is 8.70. The van der Waals surface area contributed by atoms with Crippen molar-refractivity contribution in [2.45, 2.75) is 19.3 Å².